The average molecular weight is 468 g/mol. The van der Waals surface area contributed by atoms with E-state index in [2.05, 4.69) is 10.6 Å². The average Bonchev–Trinajstić information content (AvgIpc) is 2.71. The van der Waals surface area contributed by atoms with Crippen LogP contribution in [0.4, 0.5) is 5.69 Å². The minimum absolute atomic E-state index is 0.0152. The van der Waals surface area contributed by atoms with Gasteiger partial charge in [-0.1, -0.05) is 35.3 Å². The highest BCUT2D eigenvalue weighted by Gasteiger charge is 2.21. The highest BCUT2D eigenvalue weighted by molar-refractivity contribution is 6.35. The Balaban J connectivity index is 1.85. The quantitative estimate of drug-likeness (QED) is 0.347. The van der Waals surface area contributed by atoms with Crippen LogP contribution in [0.3, 0.4) is 0 Å². The zero-order chi connectivity index (χ0) is 23.1. The van der Waals surface area contributed by atoms with Crippen LogP contribution in [0.25, 0.3) is 0 Å². The van der Waals surface area contributed by atoms with Crippen molar-refractivity contribution in [3.8, 4) is 0 Å². The SMILES string of the molecule is CC(OC(=O)CNC(=O)c1cccc([N+](=O)[O-])c1)C(=O)NC(C)c1ccc(Cl)cc1Cl. The summed E-state index contributed by atoms with van der Waals surface area (Å²) in [5, 5.41) is 16.6. The standard InChI is InChI=1S/C20H19Cl2N3O6/c1-11(16-7-6-14(21)9-17(16)22)24-19(27)12(2)31-18(26)10-23-20(28)13-4-3-5-15(8-13)25(29)30/h3-9,11-12H,10H2,1-2H3,(H,23,28)(H,24,27). The Morgan fingerprint density at radius 3 is 2.48 bits per heavy atom. The van der Waals surface area contributed by atoms with Gasteiger partial charge in [0, 0.05) is 27.7 Å². The van der Waals surface area contributed by atoms with E-state index >= 15 is 0 Å². The molecule has 2 N–H and O–H groups in total. The molecule has 0 aliphatic heterocycles. The Hall–Kier alpha value is -3.17. The molecule has 0 radical (unpaired) electrons. The van der Waals surface area contributed by atoms with Gasteiger partial charge in [-0.25, -0.2) is 0 Å². The third kappa shape index (κ3) is 6.94. The van der Waals surface area contributed by atoms with Crippen LogP contribution in [0.5, 0.6) is 0 Å². The molecule has 0 saturated carbocycles. The van der Waals surface area contributed by atoms with Crippen LogP contribution in [0.1, 0.15) is 35.8 Å². The van der Waals surface area contributed by atoms with Crippen LogP contribution >= 0.6 is 23.2 Å². The number of amides is 2. The summed E-state index contributed by atoms with van der Waals surface area (Å²) in [7, 11) is 0. The summed E-state index contributed by atoms with van der Waals surface area (Å²) in [6.07, 6.45) is -1.13. The number of ether oxygens (including phenoxy) is 1. The van der Waals surface area contributed by atoms with Crippen LogP contribution in [-0.4, -0.2) is 35.4 Å². The minimum Gasteiger partial charge on any atom is -0.451 e. The summed E-state index contributed by atoms with van der Waals surface area (Å²) in [4.78, 5) is 46.4. The Labute approximate surface area is 187 Å². The lowest BCUT2D eigenvalue weighted by atomic mass is 10.1. The molecule has 0 saturated heterocycles. The van der Waals surface area contributed by atoms with Crippen LogP contribution < -0.4 is 10.6 Å². The van der Waals surface area contributed by atoms with Gasteiger partial charge in [-0.15, -0.1) is 0 Å². The molecular formula is C20H19Cl2N3O6. The molecule has 0 spiro atoms. The van der Waals surface area contributed by atoms with E-state index in [1.54, 1.807) is 25.1 Å². The van der Waals surface area contributed by atoms with Gasteiger partial charge in [0.25, 0.3) is 17.5 Å². The molecule has 0 bridgehead atoms. The first kappa shape index (κ1) is 24.1. The summed E-state index contributed by atoms with van der Waals surface area (Å²) in [6.45, 7) is 2.57. The minimum atomic E-state index is -1.13. The second-order valence-corrected chi connectivity index (χ2v) is 7.36. The summed E-state index contributed by atoms with van der Waals surface area (Å²) in [6, 6.07) is 9.44. The van der Waals surface area contributed by atoms with Crippen molar-refractivity contribution in [3.63, 3.8) is 0 Å². The van der Waals surface area contributed by atoms with Gasteiger partial charge in [0.05, 0.1) is 11.0 Å². The van der Waals surface area contributed by atoms with Crippen LogP contribution in [-0.2, 0) is 14.3 Å². The van der Waals surface area contributed by atoms with Crippen LogP contribution in [0.15, 0.2) is 42.5 Å². The van der Waals surface area contributed by atoms with Crippen molar-refractivity contribution in [3.05, 3.63) is 73.8 Å². The molecule has 2 rings (SSSR count). The molecular weight excluding hydrogens is 449 g/mol. The zero-order valence-corrected chi connectivity index (χ0v) is 18.1. The zero-order valence-electron chi connectivity index (χ0n) is 16.6. The number of carbonyl (C=O) groups is 3. The maximum Gasteiger partial charge on any atom is 0.326 e. The smallest absolute Gasteiger partial charge is 0.326 e. The molecule has 9 nitrogen and oxygen atoms in total. The maximum atomic E-state index is 12.3. The van der Waals surface area contributed by atoms with Gasteiger partial charge < -0.3 is 15.4 Å². The Morgan fingerprint density at radius 1 is 1.13 bits per heavy atom. The second kappa shape index (κ2) is 10.7. The number of hydrogen-bond donors (Lipinski definition) is 2. The van der Waals surface area contributed by atoms with E-state index < -0.39 is 41.4 Å². The molecule has 2 aromatic carbocycles. The van der Waals surface area contributed by atoms with Gasteiger partial charge in [0.1, 0.15) is 6.54 Å². The van der Waals surface area contributed by atoms with E-state index in [1.807, 2.05) is 0 Å². The molecule has 2 amide bonds. The number of nitro benzene ring substituents is 1. The normalized spacial score (nSPS) is 12.4. The van der Waals surface area contributed by atoms with Crippen LogP contribution in [0.2, 0.25) is 10.0 Å². The van der Waals surface area contributed by atoms with Crippen molar-refractivity contribution in [1.29, 1.82) is 0 Å². The number of nitrogens with zero attached hydrogens (tertiary/aromatic N) is 1. The summed E-state index contributed by atoms with van der Waals surface area (Å²) >= 11 is 12.0. The molecule has 0 aliphatic carbocycles. The van der Waals surface area contributed by atoms with E-state index in [0.717, 1.165) is 6.07 Å². The molecule has 11 heteroatoms. The molecule has 164 valence electrons. The lowest BCUT2D eigenvalue weighted by molar-refractivity contribution is -0.384. The van der Waals surface area contributed by atoms with Gasteiger partial charge in [0.2, 0.25) is 0 Å². The van der Waals surface area contributed by atoms with Crippen molar-refractivity contribution in [2.75, 3.05) is 6.54 Å². The summed E-state index contributed by atoms with van der Waals surface area (Å²) < 4.78 is 5.02. The van der Waals surface area contributed by atoms with E-state index in [9.17, 15) is 24.5 Å². The van der Waals surface area contributed by atoms with E-state index in [4.69, 9.17) is 27.9 Å². The third-order valence-corrected chi connectivity index (χ3v) is 4.74. The first-order valence-corrected chi connectivity index (χ1v) is 9.81. The molecule has 2 atom stereocenters. The van der Waals surface area contributed by atoms with Crippen molar-refractivity contribution in [2.24, 2.45) is 0 Å². The van der Waals surface area contributed by atoms with Gasteiger partial charge in [-0.05, 0) is 37.6 Å². The fourth-order valence-electron chi connectivity index (χ4n) is 2.57. The Morgan fingerprint density at radius 2 is 1.84 bits per heavy atom. The topological polar surface area (TPSA) is 128 Å². The highest BCUT2D eigenvalue weighted by Crippen LogP contribution is 2.26. The molecule has 0 heterocycles. The summed E-state index contributed by atoms with van der Waals surface area (Å²) in [5.74, 6) is -2.10. The molecule has 0 aromatic heterocycles. The number of nitrogens with one attached hydrogen (secondary N) is 2. The lowest BCUT2D eigenvalue weighted by Gasteiger charge is -2.19. The Bertz CT molecular complexity index is 1010. The maximum absolute atomic E-state index is 12.3. The number of hydrogen-bond acceptors (Lipinski definition) is 6. The fourth-order valence-corrected chi connectivity index (χ4v) is 3.14. The number of nitro groups is 1. The number of carbonyl (C=O) groups excluding carboxylic acids is 3. The lowest BCUT2D eigenvalue weighted by Crippen LogP contribution is -2.39. The monoisotopic (exact) mass is 467 g/mol. The van der Waals surface area contributed by atoms with Crippen molar-refractivity contribution in [1.82, 2.24) is 10.6 Å². The largest absolute Gasteiger partial charge is 0.451 e. The Kier molecular flexibility index (Phi) is 8.35. The van der Waals surface area contributed by atoms with Gasteiger partial charge in [0.15, 0.2) is 6.10 Å². The number of halogens is 2. The predicted molar refractivity (Wildman–Crippen MR) is 114 cm³/mol. The number of benzene rings is 2. The first-order chi connectivity index (χ1) is 14.6. The molecule has 0 aliphatic rings. The molecule has 2 unspecified atom stereocenters. The molecule has 0 fully saturated rings. The van der Waals surface area contributed by atoms with Crippen molar-refractivity contribution in [2.45, 2.75) is 26.0 Å². The van der Waals surface area contributed by atoms with Crippen molar-refractivity contribution >= 4 is 46.7 Å². The van der Waals surface area contributed by atoms with E-state index in [-0.39, 0.29) is 11.3 Å². The van der Waals surface area contributed by atoms with Crippen LogP contribution in [0, 0.1) is 10.1 Å². The fraction of sp³-hybridized carbons (Fsp3) is 0.250. The third-order valence-electron chi connectivity index (χ3n) is 4.18. The molecule has 2 aromatic rings. The van der Waals surface area contributed by atoms with Gasteiger partial charge in [-0.3, -0.25) is 24.5 Å². The van der Waals surface area contributed by atoms with Gasteiger partial charge in [-0.2, -0.15) is 0 Å². The predicted octanol–water partition coefficient (Wildman–Crippen LogP) is 3.44. The highest BCUT2D eigenvalue weighted by atomic mass is 35.5. The number of esters is 1. The van der Waals surface area contributed by atoms with E-state index in [0.29, 0.717) is 15.6 Å². The number of non-ortho nitro benzene ring substituents is 1. The van der Waals surface area contributed by atoms with E-state index in [1.165, 1.54) is 25.1 Å². The second-order valence-electron chi connectivity index (χ2n) is 6.52. The van der Waals surface area contributed by atoms with Gasteiger partial charge >= 0.3 is 5.97 Å². The van der Waals surface area contributed by atoms with Crippen molar-refractivity contribution < 1.29 is 24.0 Å². The first-order valence-electron chi connectivity index (χ1n) is 9.06. The summed E-state index contributed by atoms with van der Waals surface area (Å²) in [5.41, 5.74) is 0.402. The molecule has 31 heavy (non-hydrogen) atoms. The number of rotatable bonds is 8.